The van der Waals surface area contributed by atoms with Gasteiger partial charge in [0.25, 0.3) is 0 Å². The van der Waals surface area contributed by atoms with Gasteiger partial charge in [0.1, 0.15) is 0 Å². The van der Waals surface area contributed by atoms with Gasteiger partial charge in [-0.2, -0.15) is 0 Å². The number of piperidine rings is 1. The van der Waals surface area contributed by atoms with E-state index in [1.165, 1.54) is 34.4 Å². The molecule has 0 bridgehead atoms. The lowest BCUT2D eigenvalue weighted by atomic mass is 9.91. The van der Waals surface area contributed by atoms with Gasteiger partial charge in [0.05, 0.1) is 0 Å². The molecule has 1 fully saturated rings. The molecule has 0 radical (unpaired) electrons. The van der Waals surface area contributed by atoms with E-state index in [9.17, 15) is 4.79 Å². The molecule has 1 amide bonds. The molecule has 0 spiro atoms. The molecule has 4 rings (SSSR count). The largest absolute Gasteiger partial charge is 0.338 e. The Morgan fingerprint density at radius 2 is 1.83 bits per heavy atom. The average molecular weight is 409 g/mol. The number of thioether (sulfide) groups is 1. The van der Waals surface area contributed by atoms with Crippen LogP contribution < -0.4 is 0 Å². The van der Waals surface area contributed by atoms with E-state index in [0.717, 1.165) is 45.6 Å². The average Bonchev–Trinajstić information content (AvgIpc) is 2.78. The minimum absolute atomic E-state index is 0.343. The Labute approximate surface area is 179 Å². The zero-order valence-electron chi connectivity index (χ0n) is 17.5. The highest BCUT2D eigenvalue weighted by Gasteiger charge is 2.23. The fourth-order valence-electron chi connectivity index (χ4n) is 4.66. The van der Waals surface area contributed by atoms with Crippen LogP contribution in [-0.4, -0.2) is 41.6 Å². The molecule has 2 heterocycles. The molecule has 2 aromatic rings. The van der Waals surface area contributed by atoms with Crippen LogP contribution in [-0.2, 0) is 24.3 Å². The van der Waals surface area contributed by atoms with E-state index in [-0.39, 0.29) is 0 Å². The number of rotatable bonds is 6. The molecule has 29 heavy (non-hydrogen) atoms. The van der Waals surface area contributed by atoms with E-state index in [1.54, 1.807) is 0 Å². The standard InChI is InChI=1S/C25H32N2OS/c1-29-24-8-4-5-21(17-24)18-26-14-11-20(12-15-26)9-10-25(28)27-16-13-22-6-2-3-7-23(22)19-27/h2-8,17,20H,9-16,18-19H2,1H3. The maximum Gasteiger partial charge on any atom is 0.222 e. The fourth-order valence-corrected chi connectivity index (χ4v) is 5.14. The number of hydrogen-bond acceptors (Lipinski definition) is 3. The van der Waals surface area contributed by atoms with E-state index in [0.29, 0.717) is 18.2 Å². The molecular weight excluding hydrogens is 376 g/mol. The third kappa shape index (κ3) is 5.43. The van der Waals surface area contributed by atoms with Crippen molar-refractivity contribution >= 4 is 17.7 Å². The van der Waals surface area contributed by atoms with Crippen LogP contribution in [0.2, 0.25) is 0 Å². The summed E-state index contributed by atoms with van der Waals surface area (Å²) in [6.07, 6.45) is 7.33. The zero-order valence-corrected chi connectivity index (χ0v) is 18.3. The molecule has 0 aromatic heterocycles. The molecule has 2 aliphatic rings. The number of carbonyl (C=O) groups is 1. The van der Waals surface area contributed by atoms with E-state index in [2.05, 4.69) is 64.6 Å². The molecule has 0 aliphatic carbocycles. The summed E-state index contributed by atoms with van der Waals surface area (Å²) in [5.41, 5.74) is 4.15. The highest BCUT2D eigenvalue weighted by molar-refractivity contribution is 7.98. The predicted molar refractivity (Wildman–Crippen MR) is 121 cm³/mol. The number of carbonyl (C=O) groups excluding carboxylic acids is 1. The Balaban J connectivity index is 1.20. The molecule has 1 saturated heterocycles. The molecule has 0 N–H and O–H groups in total. The maximum absolute atomic E-state index is 12.7. The van der Waals surface area contributed by atoms with Crippen LogP contribution in [0.15, 0.2) is 53.4 Å². The number of benzene rings is 2. The number of hydrogen-bond donors (Lipinski definition) is 0. The van der Waals surface area contributed by atoms with Crippen LogP contribution in [0, 0.1) is 5.92 Å². The Kier molecular flexibility index (Phi) is 6.94. The van der Waals surface area contributed by atoms with Gasteiger partial charge in [-0.3, -0.25) is 9.69 Å². The van der Waals surface area contributed by atoms with Gasteiger partial charge in [-0.1, -0.05) is 36.4 Å². The summed E-state index contributed by atoms with van der Waals surface area (Å²) in [4.78, 5) is 18.7. The predicted octanol–water partition coefficient (Wildman–Crippen LogP) is 4.99. The van der Waals surface area contributed by atoms with Crippen molar-refractivity contribution in [2.45, 2.75) is 50.1 Å². The first-order valence-electron chi connectivity index (χ1n) is 10.9. The van der Waals surface area contributed by atoms with Crippen molar-refractivity contribution in [3.8, 4) is 0 Å². The maximum atomic E-state index is 12.7. The SMILES string of the molecule is CSc1cccc(CN2CCC(CCC(=O)N3CCc4ccccc4C3)CC2)c1. The van der Waals surface area contributed by atoms with E-state index in [4.69, 9.17) is 0 Å². The first-order chi connectivity index (χ1) is 14.2. The highest BCUT2D eigenvalue weighted by Crippen LogP contribution is 2.25. The van der Waals surface area contributed by atoms with Crippen LogP contribution in [0.1, 0.15) is 42.4 Å². The lowest BCUT2D eigenvalue weighted by molar-refractivity contribution is -0.132. The molecule has 2 aliphatic heterocycles. The van der Waals surface area contributed by atoms with Gasteiger partial charge in [-0.15, -0.1) is 11.8 Å². The zero-order chi connectivity index (χ0) is 20.1. The molecular formula is C25H32N2OS. The normalized spacial score (nSPS) is 17.9. The van der Waals surface area contributed by atoms with E-state index >= 15 is 0 Å². The molecule has 0 unspecified atom stereocenters. The summed E-state index contributed by atoms with van der Waals surface area (Å²) in [6, 6.07) is 17.4. The van der Waals surface area contributed by atoms with Gasteiger partial charge in [0, 0.05) is 31.0 Å². The highest BCUT2D eigenvalue weighted by atomic mass is 32.2. The van der Waals surface area contributed by atoms with Crippen molar-refractivity contribution in [1.82, 2.24) is 9.80 Å². The minimum atomic E-state index is 0.343. The van der Waals surface area contributed by atoms with Crippen LogP contribution in [0.25, 0.3) is 0 Å². The van der Waals surface area contributed by atoms with Crippen molar-refractivity contribution in [1.29, 1.82) is 0 Å². The molecule has 4 heteroatoms. The lowest BCUT2D eigenvalue weighted by Crippen LogP contribution is -2.37. The lowest BCUT2D eigenvalue weighted by Gasteiger charge is -2.33. The van der Waals surface area contributed by atoms with Crippen LogP contribution in [0.4, 0.5) is 0 Å². The monoisotopic (exact) mass is 408 g/mol. The van der Waals surface area contributed by atoms with Crippen molar-refractivity contribution in [3.05, 3.63) is 65.2 Å². The second-order valence-electron chi connectivity index (χ2n) is 8.44. The van der Waals surface area contributed by atoms with E-state index < -0.39 is 0 Å². The van der Waals surface area contributed by atoms with Gasteiger partial charge in [-0.25, -0.2) is 0 Å². The second-order valence-corrected chi connectivity index (χ2v) is 9.32. The van der Waals surface area contributed by atoms with Crippen LogP contribution >= 0.6 is 11.8 Å². The molecule has 2 aromatic carbocycles. The third-order valence-electron chi connectivity index (χ3n) is 6.50. The molecule has 3 nitrogen and oxygen atoms in total. The summed E-state index contributed by atoms with van der Waals surface area (Å²) >= 11 is 1.81. The summed E-state index contributed by atoms with van der Waals surface area (Å²) in [5, 5.41) is 0. The Bertz CT molecular complexity index is 829. The third-order valence-corrected chi connectivity index (χ3v) is 7.22. The first kappa shape index (κ1) is 20.5. The number of nitrogens with zero attached hydrogens (tertiary/aromatic N) is 2. The van der Waals surface area contributed by atoms with E-state index in [1.807, 2.05) is 11.8 Å². The summed E-state index contributed by atoms with van der Waals surface area (Å²) < 4.78 is 0. The van der Waals surface area contributed by atoms with Gasteiger partial charge >= 0.3 is 0 Å². The Morgan fingerprint density at radius 1 is 1.03 bits per heavy atom. The number of likely N-dealkylation sites (tertiary alicyclic amines) is 1. The van der Waals surface area contributed by atoms with Gasteiger partial charge < -0.3 is 4.90 Å². The Morgan fingerprint density at radius 3 is 2.62 bits per heavy atom. The van der Waals surface area contributed by atoms with Crippen LogP contribution in [0.3, 0.4) is 0 Å². The molecule has 154 valence electrons. The van der Waals surface area contributed by atoms with Gasteiger partial charge in [0.15, 0.2) is 0 Å². The number of fused-ring (bicyclic) bond motifs is 1. The van der Waals surface area contributed by atoms with Crippen molar-refractivity contribution in [2.75, 3.05) is 25.9 Å². The van der Waals surface area contributed by atoms with Crippen molar-refractivity contribution in [3.63, 3.8) is 0 Å². The molecule has 0 saturated carbocycles. The smallest absolute Gasteiger partial charge is 0.222 e. The minimum Gasteiger partial charge on any atom is -0.338 e. The molecule has 0 atom stereocenters. The summed E-state index contributed by atoms with van der Waals surface area (Å²) in [7, 11) is 0. The summed E-state index contributed by atoms with van der Waals surface area (Å²) in [5.74, 6) is 1.04. The summed E-state index contributed by atoms with van der Waals surface area (Å²) in [6.45, 7) is 5.03. The second kappa shape index (κ2) is 9.82. The van der Waals surface area contributed by atoms with Gasteiger partial charge in [0.2, 0.25) is 5.91 Å². The van der Waals surface area contributed by atoms with Crippen LogP contribution in [0.5, 0.6) is 0 Å². The Hall–Kier alpha value is -1.78. The van der Waals surface area contributed by atoms with Crippen molar-refractivity contribution < 1.29 is 4.79 Å². The number of amides is 1. The quantitative estimate of drug-likeness (QED) is 0.630. The first-order valence-corrected chi connectivity index (χ1v) is 12.1. The van der Waals surface area contributed by atoms with Gasteiger partial charge in [-0.05, 0) is 79.8 Å². The topological polar surface area (TPSA) is 23.6 Å². The van der Waals surface area contributed by atoms with Crippen molar-refractivity contribution in [2.24, 2.45) is 5.92 Å². The fraction of sp³-hybridized carbons (Fsp3) is 0.480.